The van der Waals surface area contributed by atoms with Gasteiger partial charge in [0.2, 0.25) is 0 Å². The van der Waals surface area contributed by atoms with Crippen LogP contribution in [0.1, 0.15) is 12.8 Å². The summed E-state index contributed by atoms with van der Waals surface area (Å²) in [5.74, 6) is 0. The van der Waals surface area contributed by atoms with Crippen LogP contribution in [-0.4, -0.2) is 12.6 Å². The molecule has 0 aromatic heterocycles. The minimum absolute atomic E-state index is 0. The first-order valence-electron chi connectivity index (χ1n) is 4.34. The molecule has 0 spiro atoms. The SMILES string of the molecule is O=[C-]C1=CC=CC1.O=[C-]C1=CC=CC1.[Fe+2]. The van der Waals surface area contributed by atoms with E-state index in [1.165, 1.54) is 0 Å². The van der Waals surface area contributed by atoms with E-state index in [0.29, 0.717) is 0 Å². The molecular weight excluding hydrogens is 232 g/mol. The molecule has 0 amide bonds. The van der Waals surface area contributed by atoms with E-state index < -0.39 is 0 Å². The fourth-order valence-electron chi connectivity index (χ4n) is 1.05. The minimum Gasteiger partial charge on any atom is -0.419 e. The average molecular weight is 242 g/mol. The molecule has 2 aliphatic rings. The topological polar surface area (TPSA) is 34.1 Å². The van der Waals surface area contributed by atoms with E-state index in [-0.39, 0.29) is 17.1 Å². The van der Waals surface area contributed by atoms with Crippen molar-refractivity contribution in [1.82, 2.24) is 0 Å². The van der Waals surface area contributed by atoms with Crippen LogP contribution in [-0.2, 0) is 26.7 Å². The van der Waals surface area contributed by atoms with Gasteiger partial charge >= 0.3 is 17.1 Å². The molecule has 0 saturated carbocycles. The van der Waals surface area contributed by atoms with Crippen LogP contribution in [0.4, 0.5) is 0 Å². The van der Waals surface area contributed by atoms with Crippen LogP contribution >= 0.6 is 0 Å². The third-order valence-corrected chi connectivity index (χ3v) is 1.80. The summed E-state index contributed by atoms with van der Waals surface area (Å²) >= 11 is 0. The smallest absolute Gasteiger partial charge is 0.419 e. The normalized spacial score (nSPS) is 15.7. The van der Waals surface area contributed by atoms with Crippen molar-refractivity contribution in [3.63, 3.8) is 0 Å². The van der Waals surface area contributed by atoms with E-state index in [2.05, 4.69) is 0 Å². The molecule has 0 N–H and O–H groups in total. The van der Waals surface area contributed by atoms with E-state index >= 15 is 0 Å². The number of hydrogen-bond donors (Lipinski definition) is 0. The maximum atomic E-state index is 9.77. The van der Waals surface area contributed by atoms with Crippen LogP contribution in [0.3, 0.4) is 0 Å². The van der Waals surface area contributed by atoms with Crippen LogP contribution in [0.25, 0.3) is 0 Å². The Hall–Kier alpha value is -1.18. The van der Waals surface area contributed by atoms with Gasteiger partial charge in [-0.3, -0.25) is 0 Å². The molecule has 0 saturated heterocycles. The molecule has 2 nitrogen and oxygen atoms in total. The Bertz CT molecular complexity index is 302. The zero-order valence-corrected chi connectivity index (χ0v) is 9.15. The summed E-state index contributed by atoms with van der Waals surface area (Å²) in [5, 5.41) is 0. The summed E-state index contributed by atoms with van der Waals surface area (Å²) in [6, 6.07) is 0. The second kappa shape index (κ2) is 8.15. The second-order valence-corrected chi connectivity index (χ2v) is 2.85. The third-order valence-electron chi connectivity index (χ3n) is 1.80. The first kappa shape index (κ1) is 13.8. The maximum absolute atomic E-state index is 9.77. The van der Waals surface area contributed by atoms with Crippen LogP contribution < -0.4 is 0 Å². The molecule has 2 rings (SSSR count). The average Bonchev–Trinajstić information content (AvgIpc) is 2.92. The number of hydrogen-bond acceptors (Lipinski definition) is 2. The van der Waals surface area contributed by atoms with Crippen molar-refractivity contribution in [3.05, 3.63) is 47.6 Å². The molecule has 0 bridgehead atoms. The molecule has 3 heteroatoms. The molecule has 0 atom stereocenters. The van der Waals surface area contributed by atoms with Gasteiger partial charge in [0.25, 0.3) is 0 Å². The van der Waals surface area contributed by atoms with Gasteiger partial charge in [-0.15, -0.1) is 24.3 Å². The molecule has 0 heterocycles. The molecule has 0 aliphatic heterocycles. The molecule has 78 valence electrons. The number of allylic oxidation sites excluding steroid dienone is 8. The molecule has 0 radical (unpaired) electrons. The maximum Gasteiger partial charge on any atom is 2.00 e. The summed E-state index contributed by atoms with van der Waals surface area (Å²) in [6.07, 6.45) is 16.3. The predicted octanol–water partition coefficient (Wildman–Crippen LogP) is 1.96. The van der Waals surface area contributed by atoms with Crippen molar-refractivity contribution in [2.75, 3.05) is 0 Å². The van der Waals surface area contributed by atoms with Crippen molar-refractivity contribution in [3.8, 4) is 0 Å². The Balaban J connectivity index is 0.000000245. The van der Waals surface area contributed by atoms with Crippen molar-refractivity contribution in [2.24, 2.45) is 0 Å². The van der Waals surface area contributed by atoms with Crippen molar-refractivity contribution in [2.45, 2.75) is 12.8 Å². The van der Waals surface area contributed by atoms with Crippen molar-refractivity contribution >= 4 is 12.6 Å². The van der Waals surface area contributed by atoms with Crippen LogP contribution in [0, 0.1) is 0 Å². The van der Waals surface area contributed by atoms with E-state index in [4.69, 9.17) is 0 Å². The number of carbonyl (C=O) groups excluding carboxylic acids is 2. The third kappa shape index (κ3) is 5.30. The molecule has 0 aromatic carbocycles. The Morgan fingerprint density at radius 2 is 1.27 bits per heavy atom. The van der Waals surface area contributed by atoms with Gasteiger partial charge < -0.3 is 9.59 Å². The first-order chi connectivity index (χ1) is 6.86. The summed E-state index contributed by atoms with van der Waals surface area (Å²) in [6.45, 7) is 0. The minimum atomic E-state index is 0. The van der Waals surface area contributed by atoms with Crippen LogP contribution in [0.5, 0.6) is 0 Å². The van der Waals surface area contributed by atoms with E-state index in [0.717, 1.165) is 24.0 Å². The van der Waals surface area contributed by atoms with Gasteiger partial charge in [0.05, 0.1) is 0 Å². The summed E-state index contributed by atoms with van der Waals surface area (Å²) in [5.41, 5.74) is 1.50. The quantitative estimate of drug-likeness (QED) is 0.548. The van der Waals surface area contributed by atoms with E-state index in [9.17, 15) is 9.59 Å². The number of rotatable bonds is 2. The summed E-state index contributed by atoms with van der Waals surface area (Å²) < 4.78 is 0. The second-order valence-electron chi connectivity index (χ2n) is 2.85. The molecule has 0 fully saturated rings. The largest absolute Gasteiger partial charge is 2.00 e. The Morgan fingerprint density at radius 1 is 0.867 bits per heavy atom. The van der Waals surface area contributed by atoms with Crippen LogP contribution in [0.15, 0.2) is 47.6 Å². The van der Waals surface area contributed by atoms with E-state index in [1.54, 1.807) is 12.2 Å². The Labute approximate surface area is 99.9 Å². The zero-order chi connectivity index (χ0) is 10.2. The molecule has 15 heavy (non-hydrogen) atoms. The fourth-order valence-corrected chi connectivity index (χ4v) is 1.05. The van der Waals surface area contributed by atoms with Gasteiger partial charge in [0.1, 0.15) is 0 Å². The zero-order valence-electron chi connectivity index (χ0n) is 8.05. The molecule has 0 aromatic rings. The Kier molecular flexibility index (Phi) is 7.51. The molecular formula is C12H10FeO2. The van der Waals surface area contributed by atoms with Gasteiger partial charge in [-0.05, 0) is 25.4 Å². The standard InChI is InChI=1S/2C6H5O.Fe/c2*7-5-6-3-1-2-4-6;/h2*1-3H,4H2;/q2*-1;+2. The van der Waals surface area contributed by atoms with Gasteiger partial charge in [-0.1, -0.05) is 0 Å². The Morgan fingerprint density at radius 3 is 1.40 bits per heavy atom. The van der Waals surface area contributed by atoms with Gasteiger partial charge in [-0.25, -0.2) is 12.2 Å². The van der Waals surface area contributed by atoms with Gasteiger partial charge in [0, 0.05) is 0 Å². The summed E-state index contributed by atoms with van der Waals surface area (Å²) in [7, 11) is 0. The fraction of sp³-hybridized carbons (Fsp3) is 0.167. The van der Waals surface area contributed by atoms with Gasteiger partial charge in [0.15, 0.2) is 0 Å². The van der Waals surface area contributed by atoms with E-state index in [1.807, 2.05) is 36.9 Å². The van der Waals surface area contributed by atoms with Crippen molar-refractivity contribution in [1.29, 1.82) is 0 Å². The molecule has 2 aliphatic carbocycles. The predicted molar refractivity (Wildman–Crippen MR) is 55.1 cm³/mol. The molecule has 0 unspecified atom stereocenters. The van der Waals surface area contributed by atoms with Gasteiger partial charge in [-0.2, -0.15) is 11.1 Å². The van der Waals surface area contributed by atoms with Crippen molar-refractivity contribution < 1.29 is 26.7 Å². The van der Waals surface area contributed by atoms with Crippen LogP contribution in [0.2, 0.25) is 0 Å². The first-order valence-corrected chi connectivity index (χ1v) is 4.34. The monoisotopic (exact) mass is 242 g/mol. The summed E-state index contributed by atoms with van der Waals surface area (Å²) in [4.78, 5) is 19.5.